The van der Waals surface area contributed by atoms with Crippen LogP contribution in [0.4, 0.5) is 5.69 Å². The number of rotatable bonds is 2. The molecule has 2 N–H and O–H groups in total. The monoisotopic (exact) mass is 198 g/mol. The molecule has 68 valence electrons. The van der Waals surface area contributed by atoms with Crippen LogP contribution in [0.15, 0.2) is 34.3 Å². The molecule has 0 amide bonds. The highest BCUT2D eigenvalue weighted by Gasteiger charge is 2.10. The largest absolute Gasteiger partial charge is 0.238 e. The zero-order valence-corrected chi connectivity index (χ0v) is 7.27. The second-order valence-electron chi connectivity index (χ2n) is 2.20. The fourth-order valence-electron chi connectivity index (χ4n) is 0.829. The summed E-state index contributed by atoms with van der Waals surface area (Å²) in [5.41, 5.74) is 8.14. The van der Waals surface area contributed by atoms with Gasteiger partial charge in [-0.25, -0.2) is 13.6 Å². The standard InChI is InChI=1S/C6H6N4O2S/c7-10-9-5-3-1-2-4-6(5)13(8,11)12/h1-4H,(H2,8,11,12). The zero-order valence-electron chi connectivity index (χ0n) is 6.45. The van der Waals surface area contributed by atoms with Gasteiger partial charge in [0.2, 0.25) is 10.0 Å². The van der Waals surface area contributed by atoms with Crippen molar-refractivity contribution in [3.05, 3.63) is 34.7 Å². The number of primary sulfonamides is 1. The predicted octanol–water partition coefficient (Wildman–Crippen LogP) is 1.28. The minimum Gasteiger partial charge on any atom is -0.225 e. The third kappa shape index (κ3) is 2.19. The predicted molar refractivity (Wildman–Crippen MR) is 46.6 cm³/mol. The van der Waals surface area contributed by atoms with Gasteiger partial charge in [0.25, 0.3) is 0 Å². The van der Waals surface area contributed by atoms with E-state index in [9.17, 15) is 8.42 Å². The van der Waals surface area contributed by atoms with E-state index in [4.69, 9.17) is 10.7 Å². The minimum atomic E-state index is -3.82. The van der Waals surface area contributed by atoms with E-state index >= 15 is 0 Å². The van der Waals surface area contributed by atoms with Crippen LogP contribution in [-0.2, 0) is 10.0 Å². The first-order valence-electron chi connectivity index (χ1n) is 3.22. The summed E-state index contributed by atoms with van der Waals surface area (Å²) in [5, 5.41) is 8.07. The maximum Gasteiger partial charge on any atom is 0.238 e. The van der Waals surface area contributed by atoms with Gasteiger partial charge in [-0.1, -0.05) is 23.3 Å². The van der Waals surface area contributed by atoms with E-state index in [0.717, 1.165) is 0 Å². The first-order chi connectivity index (χ1) is 6.05. The van der Waals surface area contributed by atoms with Gasteiger partial charge < -0.3 is 0 Å². The number of hydrogen-bond acceptors (Lipinski definition) is 3. The quantitative estimate of drug-likeness (QED) is 0.438. The molecule has 0 fully saturated rings. The lowest BCUT2D eigenvalue weighted by atomic mass is 10.3. The summed E-state index contributed by atoms with van der Waals surface area (Å²) in [7, 11) is -3.82. The van der Waals surface area contributed by atoms with E-state index in [0.29, 0.717) is 0 Å². The Morgan fingerprint density at radius 3 is 2.54 bits per heavy atom. The molecule has 0 bridgehead atoms. The number of nitrogens with two attached hydrogens (primary N) is 1. The van der Waals surface area contributed by atoms with Crippen LogP contribution in [0.5, 0.6) is 0 Å². The van der Waals surface area contributed by atoms with Crippen LogP contribution in [0.25, 0.3) is 10.4 Å². The number of nitrogens with zero attached hydrogens (tertiary/aromatic N) is 3. The van der Waals surface area contributed by atoms with E-state index in [1.54, 1.807) is 6.07 Å². The molecule has 1 aromatic carbocycles. The highest BCUT2D eigenvalue weighted by molar-refractivity contribution is 7.89. The van der Waals surface area contributed by atoms with E-state index in [1.165, 1.54) is 18.2 Å². The molecule has 7 heteroatoms. The van der Waals surface area contributed by atoms with Crippen molar-refractivity contribution in [3.63, 3.8) is 0 Å². The Labute approximate surface area is 74.7 Å². The molecule has 0 aliphatic rings. The molecule has 6 nitrogen and oxygen atoms in total. The third-order valence-electron chi connectivity index (χ3n) is 1.32. The van der Waals surface area contributed by atoms with Gasteiger partial charge in [0.15, 0.2) is 0 Å². The molecule has 0 aliphatic carbocycles. The van der Waals surface area contributed by atoms with Crippen molar-refractivity contribution < 1.29 is 8.42 Å². The summed E-state index contributed by atoms with van der Waals surface area (Å²) < 4.78 is 21.8. The molecule has 13 heavy (non-hydrogen) atoms. The Kier molecular flexibility index (Phi) is 2.52. The molecule has 0 heterocycles. The lowest BCUT2D eigenvalue weighted by Crippen LogP contribution is -2.11. The molecule has 0 unspecified atom stereocenters. The van der Waals surface area contributed by atoms with Gasteiger partial charge in [0.05, 0.1) is 10.6 Å². The Hall–Kier alpha value is -1.56. The van der Waals surface area contributed by atoms with Crippen LogP contribution in [0.3, 0.4) is 0 Å². The van der Waals surface area contributed by atoms with E-state index in [-0.39, 0.29) is 10.6 Å². The number of hydrogen-bond donors (Lipinski definition) is 1. The molecule has 0 radical (unpaired) electrons. The molecule has 0 saturated carbocycles. The van der Waals surface area contributed by atoms with Gasteiger partial charge in [-0.15, -0.1) is 0 Å². The van der Waals surface area contributed by atoms with Crippen LogP contribution in [0.1, 0.15) is 0 Å². The van der Waals surface area contributed by atoms with E-state index in [2.05, 4.69) is 10.0 Å². The van der Waals surface area contributed by atoms with Crippen molar-refractivity contribution in [2.75, 3.05) is 0 Å². The Morgan fingerprint density at radius 1 is 1.38 bits per heavy atom. The topological polar surface area (TPSA) is 109 Å². The maximum absolute atomic E-state index is 10.9. The van der Waals surface area contributed by atoms with E-state index in [1.807, 2.05) is 0 Å². The normalized spacial score (nSPS) is 10.5. The van der Waals surface area contributed by atoms with Gasteiger partial charge in [0, 0.05) is 4.91 Å². The van der Waals surface area contributed by atoms with Crippen molar-refractivity contribution in [3.8, 4) is 0 Å². The zero-order chi connectivity index (χ0) is 9.90. The average Bonchev–Trinajstić information content (AvgIpc) is 2.04. The molecule has 1 aromatic rings. The van der Waals surface area contributed by atoms with Gasteiger partial charge in [-0.3, -0.25) is 0 Å². The van der Waals surface area contributed by atoms with Gasteiger partial charge in [-0.05, 0) is 11.6 Å². The van der Waals surface area contributed by atoms with E-state index < -0.39 is 10.0 Å². The Balaban J connectivity index is 3.45. The first-order valence-corrected chi connectivity index (χ1v) is 4.77. The molecule has 0 aromatic heterocycles. The highest BCUT2D eigenvalue weighted by atomic mass is 32.2. The summed E-state index contributed by atoms with van der Waals surface area (Å²) in [6, 6.07) is 5.70. The fraction of sp³-hybridized carbons (Fsp3) is 0. The second-order valence-corrected chi connectivity index (χ2v) is 3.73. The number of benzene rings is 1. The van der Waals surface area contributed by atoms with Crippen molar-refractivity contribution in [2.45, 2.75) is 4.90 Å². The first kappa shape index (κ1) is 9.53. The Bertz CT molecular complexity index is 461. The molecule has 0 atom stereocenters. The molecule has 1 rings (SSSR count). The SMILES string of the molecule is [N-]=[N+]=Nc1ccccc1S(N)(=O)=O. The van der Waals surface area contributed by atoms with Crippen LogP contribution >= 0.6 is 0 Å². The van der Waals surface area contributed by atoms with Crippen LogP contribution in [0, 0.1) is 0 Å². The summed E-state index contributed by atoms with van der Waals surface area (Å²) in [5.74, 6) is 0. The van der Waals surface area contributed by atoms with Crippen LogP contribution in [-0.4, -0.2) is 8.42 Å². The fourth-order valence-corrected chi connectivity index (χ4v) is 1.50. The summed E-state index contributed by atoms with van der Waals surface area (Å²) in [6.45, 7) is 0. The van der Waals surface area contributed by atoms with Crippen molar-refractivity contribution in [1.82, 2.24) is 0 Å². The number of sulfonamides is 1. The minimum absolute atomic E-state index is 0.00694. The van der Waals surface area contributed by atoms with Crippen LogP contribution < -0.4 is 5.14 Å². The molecular weight excluding hydrogens is 192 g/mol. The third-order valence-corrected chi connectivity index (χ3v) is 2.28. The summed E-state index contributed by atoms with van der Waals surface area (Å²) in [4.78, 5) is 2.31. The van der Waals surface area contributed by atoms with Crippen LogP contribution in [0.2, 0.25) is 0 Å². The van der Waals surface area contributed by atoms with Gasteiger partial charge >= 0.3 is 0 Å². The van der Waals surface area contributed by atoms with Crippen molar-refractivity contribution in [1.29, 1.82) is 0 Å². The molecular formula is C6H6N4O2S. The molecule has 0 saturated heterocycles. The lowest BCUT2D eigenvalue weighted by Gasteiger charge is -2.00. The van der Waals surface area contributed by atoms with Gasteiger partial charge in [0.1, 0.15) is 0 Å². The van der Waals surface area contributed by atoms with Crippen molar-refractivity contribution >= 4 is 15.7 Å². The lowest BCUT2D eigenvalue weighted by molar-refractivity contribution is 0.598. The summed E-state index contributed by atoms with van der Waals surface area (Å²) >= 11 is 0. The smallest absolute Gasteiger partial charge is 0.225 e. The summed E-state index contributed by atoms with van der Waals surface area (Å²) in [6.07, 6.45) is 0. The average molecular weight is 198 g/mol. The number of azide groups is 1. The van der Waals surface area contributed by atoms with Crippen molar-refractivity contribution in [2.24, 2.45) is 10.3 Å². The Morgan fingerprint density at radius 2 is 2.00 bits per heavy atom. The molecule has 0 aliphatic heterocycles. The molecule has 0 spiro atoms. The second kappa shape index (κ2) is 3.44. The highest BCUT2D eigenvalue weighted by Crippen LogP contribution is 2.22. The van der Waals surface area contributed by atoms with Gasteiger partial charge in [-0.2, -0.15) is 0 Å². The maximum atomic E-state index is 10.9.